The van der Waals surface area contributed by atoms with Crippen molar-refractivity contribution in [3.8, 4) is 11.8 Å². The van der Waals surface area contributed by atoms with E-state index in [4.69, 9.17) is 4.74 Å². The number of carbonyl (C=O) groups is 2. The summed E-state index contributed by atoms with van der Waals surface area (Å²) in [4.78, 5) is 22.6. The van der Waals surface area contributed by atoms with Crippen LogP contribution < -0.4 is 5.32 Å². The van der Waals surface area contributed by atoms with Gasteiger partial charge in [-0.15, -0.1) is 0 Å². The number of halogens is 4. The van der Waals surface area contributed by atoms with Gasteiger partial charge in [0.2, 0.25) is 5.91 Å². The van der Waals surface area contributed by atoms with E-state index >= 15 is 0 Å². The second-order valence-corrected chi connectivity index (χ2v) is 5.10. The van der Waals surface area contributed by atoms with Crippen LogP contribution in [0.25, 0.3) is 0 Å². The van der Waals surface area contributed by atoms with Crippen molar-refractivity contribution in [1.29, 1.82) is 0 Å². The van der Waals surface area contributed by atoms with Crippen molar-refractivity contribution in [1.82, 2.24) is 5.32 Å². The molecule has 8 heteroatoms. The fourth-order valence-corrected chi connectivity index (χ4v) is 1.98. The molecule has 0 saturated carbocycles. The molecule has 0 fully saturated rings. The lowest BCUT2D eigenvalue weighted by Crippen LogP contribution is -2.35. The van der Waals surface area contributed by atoms with E-state index in [2.05, 4.69) is 17.2 Å². The molecule has 0 spiro atoms. The third-order valence-corrected chi connectivity index (χ3v) is 2.98. The summed E-state index contributed by atoms with van der Waals surface area (Å²) < 4.78 is 55.9. The predicted molar refractivity (Wildman–Crippen MR) is 81.8 cm³/mol. The maximum Gasteiger partial charge on any atom is 0.419 e. The third kappa shape index (κ3) is 7.25. The predicted octanol–water partition coefficient (Wildman–Crippen LogP) is 3.04. The summed E-state index contributed by atoms with van der Waals surface area (Å²) in [6.07, 6.45) is -4.90. The Kier molecular flexibility index (Phi) is 7.43. The van der Waals surface area contributed by atoms with Crippen LogP contribution in [-0.2, 0) is 20.5 Å². The van der Waals surface area contributed by atoms with Crippen LogP contribution in [0.3, 0.4) is 0 Å². The first-order chi connectivity index (χ1) is 11.6. The van der Waals surface area contributed by atoms with Crippen LogP contribution in [0.1, 0.15) is 37.8 Å². The molecule has 0 aromatic heterocycles. The highest BCUT2D eigenvalue weighted by Gasteiger charge is 2.34. The van der Waals surface area contributed by atoms with Gasteiger partial charge < -0.3 is 10.1 Å². The Hall–Kier alpha value is -2.56. The molecule has 1 aromatic rings. The number of nitrogens with one attached hydrogen (secondary N) is 1. The number of hydrogen-bond donors (Lipinski definition) is 1. The zero-order valence-electron chi connectivity index (χ0n) is 13.7. The molecule has 25 heavy (non-hydrogen) atoms. The summed E-state index contributed by atoms with van der Waals surface area (Å²) in [5, 5.41) is 2.52. The number of benzene rings is 1. The topological polar surface area (TPSA) is 55.4 Å². The molecular formula is C17H17F4NO3. The lowest BCUT2D eigenvalue weighted by Gasteiger charge is -2.14. The Labute approximate surface area is 142 Å². The normalized spacial score (nSPS) is 11.9. The fraction of sp³-hybridized carbons (Fsp3) is 0.412. The highest BCUT2D eigenvalue weighted by Crippen LogP contribution is 2.31. The number of hydrogen-bond acceptors (Lipinski definition) is 3. The highest BCUT2D eigenvalue weighted by atomic mass is 19.4. The van der Waals surface area contributed by atoms with Crippen molar-refractivity contribution in [3.05, 3.63) is 35.1 Å². The molecule has 0 aliphatic carbocycles. The first-order valence-corrected chi connectivity index (χ1v) is 7.41. The second kappa shape index (κ2) is 9.06. The van der Waals surface area contributed by atoms with E-state index in [0.29, 0.717) is 12.1 Å². The van der Waals surface area contributed by atoms with Crippen molar-refractivity contribution in [3.63, 3.8) is 0 Å². The van der Waals surface area contributed by atoms with Crippen LogP contribution in [0.4, 0.5) is 17.6 Å². The van der Waals surface area contributed by atoms with Gasteiger partial charge in [0.1, 0.15) is 5.82 Å². The molecule has 0 heterocycles. The minimum atomic E-state index is -4.82. The summed E-state index contributed by atoms with van der Waals surface area (Å²) in [6.45, 7) is 3.09. The van der Waals surface area contributed by atoms with Gasteiger partial charge in [-0.25, -0.2) is 4.39 Å². The highest BCUT2D eigenvalue weighted by molar-refractivity contribution is 5.75. The van der Waals surface area contributed by atoms with Crippen molar-refractivity contribution in [2.24, 2.45) is 0 Å². The first kappa shape index (κ1) is 20.5. The van der Waals surface area contributed by atoms with Gasteiger partial charge in [-0.3, -0.25) is 9.59 Å². The van der Waals surface area contributed by atoms with E-state index in [-0.39, 0.29) is 30.9 Å². The Morgan fingerprint density at radius 2 is 2.00 bits per heavy atom. The number of esters is 1. The number of carbonyl (C=O) groups excluding carboxylic acids is 2. The minimum Gasteiger partial charge on any atom is -0.466 e. The average Bonchev–Trinajstić information content (AvgIpc) is 2.47. The van der Waals surface area contributed by atoms with E-state index in [1.807, 2.05) is 0 Å². The standard InChI is InChI=1S/C17H17F4NO3/c1-3-25-16(24)10-13(22-11(2)23)6-4-5-12-7-8-15(18)14(9-12)17(19,20)21/h7-9,13H,3,6,10H2,1-2H3,(H,22,23)/t13-/m1/s1. The molecule has 1 rings (SSSR count). The summed E-state index contributed by atoms with van der Waals surface area (Å²) in [5.41, 5.74) is -1.42. The maximum absolute atomic E-state index is 13.2. The summed E-state index contributed by atoms with van der Waals surface area (Å²) in [7, 11) is 0. The van der Waals surface area contributed by atoms with Crippen LogP contribution >= 0.6 is 0 Å². The Morgan fingerprint density at radius 3 is 2.56 bits per heavy atom. The molecule has 136 valence electrons. The zero-order valence-corrected chi connectivity index (χ0v) is 13.7. The number of ether oxygens (including phenoxy) is 1. The molecule has 1 aromatic carbocycles. The fourth-order valence-electron chi connectivity index (χ4n) is 1.98. The van der Waals surface area contributed by atoms with Crippen LogP contribution in [-0.4, -0.2) is 24.5 Å². The Bertz CT molecular complexity index is 689. The molecule has 0 aliphatic rings. The smallest absolute Gasteiger partial charge is 0.419 e. The van der Waals surface area contributed by atoms with E-state index in [1.165, 1.54) is 6.92 Å². The van der Waals surface area contributed by atoms with Gasteiger partial charge in [0, 0.05) is 18.9 Å². The van der Waals surface area contributed by atoms with Gasteiger partial charge in [-0.1, -0.05) is 11.8 Å². The lowest BCUT2D eigenvalue weighted by atomic mass is 10.1. The first-order valence-electron chi connectivity index (χ1n) is 7.41. The third-order valence-electron chi connectivity index (χ3n) is 2.98. The number of rotatable bonds is 5. The minimum absolute atomic E-state index is 0.0218. The van der Waals surface area contributed by atoms with Crippen molar-refractivity contribution < 1.29 is 31.9 Å². The quantitative estimate of drug-likeness (QED) is 0.499. The molecule has 0 aliphatic heterocycles. The maximum atomic E-state index is 13.2. The molecule has 1 atom stereocenters. The van der Waals surface area contributed by atoms with Crippen molar-refractivity contribution in [2.45, 2.75) is 38.9 Å². The lowest BCUT2D eigenvalue weighted by molar-refractivity contribution is -0.144. The summed E-state index contributed by atoms with van der Waals surface area (Å²) in [6, 6.07) is 1.79. The molecule has 0 saturated heterocycles. The zero-order chi connectivity index (χ0) is 19.0. The van der Waals surface area contributed by atoms with Gasteiger partial charge in [0.25, 0.3) is 0 Å². The van der Waals surface area contributed by atoms with Crippen LogP contribution in [0.5, 0.6) is 0 Å². The largest absolute Gasteiger partial charge is 0.466 e. The number of amides is 1. The van der Waals surface area contributed by atoms with Gasteiger partial charge in [-0.05, 0) is 25.1 Å². The van der Waals surface area contributed by atoms with E-state index in [9.17, 15) is 27.2 Å². The van der Waals surface area contributed by atoms with E-state index < -0.39 is 29.6 Å². The summed E-state index contributed by atoms with van der Waals surface area (Å²) in [5.74, 6) is 2.78. The van der Waals surface area contributed by atoms with Crippen LogP contribution in [0, 0.1) is 17.7 Å². The summed E-state index contributed by atoms with van der Waals surface area (Å²) >= 11 is 0. The van der Waals surface area contributed by atoms with Gasteiger partial charge in [0.05, 0.1) is 24.6 Å². The SMILES string of the molecule is CCOC(=O)C[C@@H](CC#Cc1ccc(F)c(C(F)(F)F)c1)NC(C)=O. The van der Waals surface area contributed by atoms with Gasteiger partial charge in [-0.2, -0.15) is 13.2 Å². The van der Waals surface area contributed by atoms with Crippen molar-refractivity contribution in [2.75, 3.05) is 6.61 Å². The Balaban J connectivity index is 2.87. The molecule has 0 radical (unpaired) electrons. The van der Waals surface area contributed by atoms with Crippen molar-refractivity contribution >= 4 is 11.9 Å². The number of alkyl halides is 3. The van der Waals surface area contributed by atoms with Crippen LogP contribution in [0.15, 0.2) is 18.2 Å². The monoisotopic (exact) mass is 359 g/mol. The van der Waals surface area contributed by atoms with Crippen LogP contribution in [0.2, 0.25) is 0 Å². The van der Waals surface area contributed by atoms with Gasteiger partial charge >= 0.3 is 12.1 Å². The van der Waals surface area contributed by atoms with Gasteiger partial charge in [0.15, 0.2) is 0 Å². The Morgan fingerprint density at radius 1 is 1.32 bits per heavy atom. The second-order valence-electron chi connectivity index (χ2n) is 5.10. The molecule has 0 unspecified atom stereocenters. The molecule has 1 N–H and O–H groups in total. The van der Waals surface area contributed by atoms with E-state index in [0.717, 1.165) is 6.07 Å². The molecule has 4 nitrogen and oxygen atoms in total. The molecule has 0 bridgehead atoms. The molecule has 1 amide bonds. The molecular weight excluding hydrogens is 342 g/mol. The van der Waals surface area contributed by atoms with E-state index in [1.54, 1.807) is 6.92 Å². The average molecular weight is 359 g/mol.